The average molecular weight is 233 g/mol. The number of rotatable bonds is 3. The van der Waals surface area contributed by atoms with E-state index in [1.165, 1.54) is 24.0 Å². The largest absolute Gasteiger partial charge is 0.491 e. The van der Waals surface area contributed by atoms with E-state index in [1.54, 1.807) is 0 Å². The Balaban J connectivity index is 2.43. The van der Waals surface area contributed by atoms with E-state index in [-0.39, 0.29) is 11.6 Å². The molecule has 17 heavy (non-hydrogen) atoms. The Hall–Kier alpha value is -1.02. The van der Waals surface area contributed by atoms with Crippen LogP contribution in [0.3, 0.4) is 0 Å². The highest BCUT2D eigenvalue weighted by molar-refractivity contribution is 5.45. The molecule has 94 valence electrons. The van der Waals surface area contributed by atoms with Crippen LogP contribution in [0.2, 0.25) is 0 Å². The second kappa shape index (κ2) is 4.69. The molecule has 1 aromatic carbocycles. The summed E-state index contributed by atoms with van der Waals surface area (Å²) in [5.41, 5.74) is 2.74. The number of hydrogen-bond acceptors (Lipinski definition) is 2. The SMILES string of the molecule is Cc1cccc(OC(C)C)c1C1(C)CCCN1. The molecule has 0 saturated carbocycles. The van der Waals surface area contributed by atoms with E-state index in [4.69, 9.17) is 4.74 Å². The fourth-order valence-corrected chi connectivity index (χ4v) is 2.81. The molecule has 0 amide bonds. The van der Waals surface area contributed by atoms with Crippen LogP contribution in [0, 0.1) is 6.92 Å². The molecule has 0 aliphatic carbocycles. The highest BCUT2D eigenvalue weighted by Gasteiger charge is 2.34. The average Bonchev–Trinajstić information content (AvgIpc) is 2.64. The molecule has 1 fully saturated rings. The maximum Gasteiger partial charge on any atom is 0.124 e. The van der Waals surface area contributed by atoms with Crippen molar-refractivity contribution in [3.05, 3.63) is 29.3 Å². The Morgan fingerprint density at radius 2 is 2.12 bits per heavy atom. The topological polar surface area (TPSA) is 21.3 Å². The van der Waals surface area contributed by atoms with Gasteiger partial charge in [-0.2, -0.15) is 0 Å². The second-order valence-corrected chi connectivity index (χ2v) is 5.48. The molecule has 2 heteroatoms. The van der Waals surface area contributed by atoms with Crippen LogP contribution < -0.4 is 10.1 Å². The number of hydrogen-bond donors (Lipinski definition) is 1. The first-order valence-electron chi connectivity index (χ1n) is 6.55. The van der Waals surface area contributed by atoms with Crippen LogP contribution in [0.4, 0.5) is 0 Å². The first-order valence-corrected chi connectivity index (χ1v) is 6.55. The minimum absolute atomic E-state index is 0.0789. The van der Waals surface area contributed by atoms with Gasteiger partial charge in [0.15, 0.2) is 0 Å². The Morgan fingerprint density at radius 1 is 1.35 bits per heavy atom. The Kier molecular flexibility index (Phi) is 3.43. The van der Waals surface area contributed by atoms with Crippen LogP contribution >= 0.6 is 0 Å². The van der Waals surface area contributed by atoms with E-state index in [0.717, 1.165) is 12.3 Å². The van der Waals surface area contributed by atoms with Crippen LogP contribution in [0.15, 0.2) is 18.2 Å². The summed E-state index contributed by atoms with van der Waals surface area (Å²) in [5, 5.41) is 3.62. The van der Waals surface area contributed by atoms with Crippen LogP contribution in [0.5, 0.6) is 5.75 Å². The molecule has 0 radical (unpaired) electrons. The van der Waals surface area contributed by atoms with Gasteiger partial charge in [-0.1, -0.05) is 12.1 Å². The molecule has 1 unspecified atom stereocenters. The Labute approximate surface area is 104 Å². The Morgan fingerprint density at radius 3 is 2.71 bits per heavy atom. The summed E-state index contributed by atoms with van der Waals surface area (Å²) in [6.45, 7) is 9.72. The summed E-state index contributed by atoms with van der Waals surface area (Å²) in [6, 6.07) is 6.34. The summed E-state index contributed by atoms with van der Waals surface area (Å²) >= 11 is 0. The number of nitrogens with one attached hydrogen (secondary N) is 1. The fourth-order valence-electron chi connectivity index (χ4n) is 2.81. The summed E-state index contributed by atoms with van der Waals surface area (Å²) in [7, 11) is 0. The van der Waals surface area contributed by atoms with Gasteiger partial charge in [-0.15, -0.1) is 0 Å². The highest BCUT2D eigenvalue weighted by atomic mass is 16.5. The van der Waals surface area contributed by atoms with Gasteiger partial charge in [0.1, 0.15) is 5.75 Å². The van der Waals surface area contributed by atoms with Gasteiger partial charge in [-0.25, -0.2) is 0 Å². The van der Waals surface area contributed by atoms with Crippen molar-refractivity contribution >= 4 is 0 Å². The number of ether oxygens (including phenoxy) is 1. The van der Waals surface area contributed by atoms with Crippen molar-refractivity contribution in [2.75, 3.05) is 6.54 Å². The summed E-state index contributed by atoms with van der Waals surface area (Å²) in [4.78, 5) is 0. The van der Waals surface area contributed by atoms with E-state index in [2.05, 4.69) is 51.2 Å². The van der Waals surface area contributed by atoms with Gasteiger partial charge in [0.25, 0.3) is 0 Å². The maximum absolute atomic E-state index is 5.96. The summed E-state index contributed by atoms with van der Waals surface area (Å²) < 4.78 is 5.96. The van der Waals surface area contributed by atoms with Gasteiger partial charge in [0, 0.05) is 11.1 Å². The summed E-state index contributed by atoms with van der Waals surface area (Å²) in [6.07, 6.45) is 2.65. The minimum Gasteiger partial charge on any atom is -0.491 e. The van der Waals surface area contributed by atoms with E-state index in [0.29, 0.717) is 0 Å². The van der Waals surface area contributed by atoms with E-state index in [1.807, 2.05) is 0 Å². The van der Waals surface area contributed by atoms with Crippen molar-refractivity contribution in [3.8, 4) is 5.75 Å². The van der Waals surface area contributed by atoms with Crippen molar-refractivity contribution in [3.63, 3.8) is 0 Å². The van der Waals surface area contributed by atoms with Crippen LogP contribution in [0.1, 0.15) is 44.7 Å². The van der Waals surface area contributed by atoms with Gasteiger partial charge in [0.2, 0.25) is 0 Å². The quantitative estimate of drug-likeness (QED) is 0.864. The molecule has 1 saturated heterocycles. The molecule has 0 spiro atoms. The van der Waals surface area contributed by atoms with E-state index in [9.17, 15) is 0 Å². The Bertz CT molecular complexity index is 392. The first-order chi connectivity index (χ1) is 8.03. The lowest BCUT2D eigenvalue weighted by Gasteiger charge is -2.30. The molecule has 1 aromatic rings. The van der Waals surface area contributed by atoms with Crippen LogP contribution in [-0.2, 0) is 5.54 Å². The first kappa shape index (κ1) is 12.4. The van der Waals surface area contributed by atoms with Gasteiger partial charge >= 0.3 is 0 Å². The van der Waals surface area contributed by atoms with Gasteiger partial charge in [0.05, 0.1) is 6.10 Å². The number of benzene rings is 1. The summed E-state index contributed by atoms with van der Waals surface area (Å²) in [5.74, 6) is 1.04. The van der Waals surface area contributed by atoms with Gasteiger partial charge < -0.3 is 10.1 Å². The normalized spacial score (nSPS) is 24.3. The molecular formula is C15H23NO. The molecule has 1 heterocycles. The maximum atomic E-state index is 5.96. The van der Waals surface area contributed by atoms with Crippen molar-refractivity contribution in [2.45, 2.75) is 52.2 Å². The van der Waals surface area contributed by atoms with Crippen molar-refractivity contribution in [1.82, 2.24) is 5.32 Å². The third-order valence-corrected chi connectivity index (χ3v) is 3.52. The number of aryl methyl sites for hydroxylation is 1. The second-order valence-electron chi connectivity index (χ2n) is 5.48. The van der Waals surface area contributed by atoms with Crippen molar-refractivity contribution in [1.29, 1.82) is 0 Å². The third-order valence-electron chi connectivity index (χ3n) is 3.52. The van der Waals surface area contributed by atoms with Gasteiger partial charge in [-0.05, 0) is 58.7 Å². The smallest absolute Gasteiger partial charge is 0.124 e. The zero-order valence-corrected chi connectivity index (χ0v) is 11.3. The van der Waals surface area contributed by atoms with E-state index >= 15 is 0 Å². The standard InChI is InChI=1S/C15H23NO/c1-11(2)17-13-8-5-7-12(3)14(13)15(4)9-6-10-16-15/h5,7-8,11,16H,6,9-10H2,1-4H3. The lowest BCUT2D eigenvalue weighted by atomic mass is 9.86. The molecule has 1 aliphatic heterocycles. The van der Waals surface area contributed by atoms with Crippen LogP contribution in [-0.4, -0.2) is 12.6 Å². The predicted molar refractivity (Wildman–Crippen MR) is 71.5 cm³/mol. The molecular weight excluding hydrogens is 210 g/mol. The zero-order valence-electron chi connectivity index (χ0n) is 11.3. The molecule has 1 atom stereocenters. The molecule has 2 nitrogen and oxygen atoms in total. The lowest BCUT2D eigenvalue weighted by molar-refractivity contribution is 0.233. The molecule has 0 bridgehead atoms. The molecule has 1 N–H and O–H groups in total. The lowest BCUT2D eigenvalue weighted by Crippen LogP contribution is -2.34. The molecule has 1 aliphatic rings. The molecule has 2 rings (SSSR count). The van der Waals surface area contributed by atoms with E-state index < -0.39 is 0 Å². The zero-order chi connectivity index (χ0) is 12.5. The fraction of sp³-hybridized carbons (Fsp3) is 0.600. The van der Waals surface area contributed by atoms with Crippen molar-refractivity contribution < 1.29 is 4.74 Å². The highest BCUT2D eigenvalue weighted by Crippen LogP contribution is 2.38. The minimum atomic E-state index is 0.0789. The van der Waals surface area contributed by atoms with Crippen LogP contribution in [0.25, 0.3) is 0 Å². The predicted octanol–water partition coefficient (Wildman–Crippen LogP) is 3.38. The van der Waals surface area contributed by atoms with Crippen molar-refractivity contribution in [2.24, 2.45) is 0 Å². The molecule has 0 aromatic heterocycles. The third kappa shape index (κ3) is 2.47. The van der Waals surface area contributed by atoms with Gasteiger partial charge in [-0.3, -0.25) is 0 Å². The monoisotopic (exact) mass is 233 g/mol.